The van der Waals surface area contributed by atoms with Crippen LogP contribution in [0.1, 0.15) is 6.42 Å². The van der Waals surface area contributed by atoms with Crippen LogP contribution >= 0.6 is 22.6 Å². The summed E-state index contributed by atoms with van der Waals surface area (Å²) in [5.74, 6) is 0.662. The average Bonchev–Trinajstić information content (AvgIpc) is 2.03. The molecule has 0 aromatic carbocycles. The maximum atomic E-state index is 10.9. The first kappa shape index (κ1) is 12.0. The predicted octanol–water partition coefficient (Wildman–Crippen LogP) is 0.956. The number of hydrogen-bond acceptors (Lipinski definition) is 3. The first-order valence-corrected chi connectivity index (χ1v) is 4.31. The van der Waals surface area contributed by atoms with Crippen molar-refractivity contribution in [1.82, 2.24) is 0 Å². The minimum Gasteiger partial charge on any atom is -0.481 e. The number of carboxylic acid groups (broad SMARTS) is 1. The van der Waals surface area contributed by atoms with Gasteiger partial charge in [-0.15, -0.1) is 0 Å². The van der Waals surface area contributed by atoms with Gasteiger partial charge in [0.05, 0.1) is 6.42 Å². The van der Waals surface area contributed by atoms with E-state index in [-0.39, 0.29) is 12.2 Å². The van der Waals surface area contributed by atoms with Crippen LogP contribution in [0, 0.1) is 9.85 Å². The molecular formula is C8H7IO4. The maximum absolute atomic E-state index is 10.9. The summed E-state index contributed by atoms with van der Waals surface area (Å²) in [4.78, 5) is 21.0. The van der Waals surface area contributed by atoms with E-state index >= 15 is 0 Å². The fourth-order valence-electron chi connectivity index (χ4n) is 0.486. The van der Waals surface area contributed by atoms with Gasteiger partial charge in [0.2, 0.25) is 0 Å². The Morgan fingerprint density at radius 3 is 2.62 bits per heavy atom. The van der Waals surface area contributed by atoms with Crippen LogP contribution < -0.4 is 0 Å². The zero-order valence-corrected chi connectivity index (χ0v) is 8.83. The van der Waals surface area contributed by atoms with Crippen molar-refractivity contribution in [1.29, 1.82) is 0 Å². The van der Waals surface area contributed by atoms with Gasteiger partial charge in [-0.1, -0.05) is 12.5 Å². The third-order valence-electron chi connectivity index (χ3n) is 0.996. The molecule has 0 spiro atoms. The molecule has 13 heavy (non-hydrogen) atoms. The fraction of sp³-hybridized carbons (Fsp3) is 0.250. The van der Waals surface area contributed by atoms with E-state index in [0.29, 0.717) is 0 Å². The van der Waals surface area contributed by atoms with Crippen molar-refractivity contribution in [3.05, 3.63) is 12.2 Å². The maximum Gasteiger partial charge on any atom is 0.334 e. The van der Waals surface area contributed by atoms with Crippen molar-refractivity contribution in [2.45, 2.75) is 6.42 Å². The molecule has 0 saturated carbocycles. The van der Waals surface area contributed by atoms with E-state index in [1.54, 1.807) is 22.6 Å². The van der Waals surface area contributed by atoms with Gasteiger partial charge in [-0.05, 0) is 3.93 Å². The van der Waals surface area contributed by atoms with Crippen LogP contribution in [0.5, 0.6) is 0 Å². The molecule has 0 aliphatic carbocycles. The van der Waals surface area contributed by atoms with E-state index in [2.05, 4.69) is 21.2 Å². The lowest BCUT2D eigenvalue weighted by molar-refractivity contribution is -0.141. The molecule has 0 amide bonds. The van der Waals surface area contributed by atoms with Crippen LogP contribution in [0.2, 0.25) is 0 Å². The number of halogens is 1. The van der Waals surface area contributed by atoms with Crippen molar-refractivity contribution in [3.8, 4) is 9.85 Å². The largest absolute Gasteiger partial charge is 0.481 e. The number of esters is 1. The lowest BCUT2D eigenvalue weighted by Gasteiger charge is -2.00. The van der Waals surface area contributed by atoms with Gasteiger partial charge in [-0.3, -0.25) is 4.79 Å². The summed E-state index contributed by atoms with van der Waals surface area (Å²) in [6.45, 7) is 3.23. The average molecular weight is 294 g/mol. The molecule has 70 valence electrons. The minimum absolute atomic E-state index is 0.0413. The molecule has 0 aliphatic heterocycles. The third-order valence-corrected chi connectivity index (χ3v) is 1.38. The van der Waals surface area contributed by atoms with Crippen molar-refractivity contribution >= 4 is 34.5 Å². The van der Waals surface area contributed by atoms with Crippen molar-refractivity contribution in [2.24, 2.45) is 0 Å². The van der Waals surface area contributed by atoms with Gasteiger partial charge in [-0.2, -0.15) is 0 Å². The number of carboxylic acids is 1. The van der Waals surface area contributed by atoms with Crippen LogP contribution in [-0.2, 0) is 14.3 Å². The molecule has 0 heterocycles. The smallest absolute Gasteiger partial charge is 0.334 e. The van der Waals surface area contributed by atoms with E-state index < -0.39 is 18.4 Å². The molecule has 5 heteroatoms. The van der Waals surface area contributed by atoms with E-state index in [1.807, 2.05) is 0 Å². The summed E-state index contributed by atoms with van der Waals surface area (Å²) >= 11 is 1.80. The van der Waals surface area contributed by atoms with Gasteiger partial charge in [0.25, 0.3) is 0 Å². The van der Waals surface area contributed by atoms with Crippen LogP contribution in [0.3, 0.4) is 0 Å². The van der Waals surface area contributed by atoms with Gasteiger partial charge in [0.1, 0.15) is 0 Å². The molecule has 0 aromatic heterocycles. The number of hydrogen-bond donors (Lipinski definition) is 1. The molecule has 0 atom stereocenters. The molecular weight excluding hydrogens is 287 g/mol. The first-order valence-electron chi connectivity index (χ1n) is 3.23. The zero-order valence-electron chi connectivity index (χ0n) is 6.67. The number of carbonyl (C=O) groups excluding carboxylic acids is 1. The van der Waals surface area contributed by atoms with Gasteiger partial charge in [0.15, 0.2) is 6.61 Å². The Morgan fingerprint density at radius 1 is 1.54 bits per heavy atom. The first-order chi connectivity index (χ1) is 6.07. The van der Waals surface area contributed by atoms with E-state index in [1.165, 1.54) is 0 Å². The van der Waals surface area contributed by atoms with Crippen LogP contribution in [0.15, 0.2) is 12.2 Å². The Bertz CT molecular complexity index is 284. The molecule has 0 saturated heterocycles. The summed E-state index contributed by atoms with van der Waals surface area (Å²) in [6, 6.07) is 0. The van der Waals surface area contributed by atoms with Crippen molar-refractivity contribution in [3.63, 3.8) is 0 Å². The normalized spacial score (nSPS) is 8.08. The lowest BCUT2D eigenvalue weighted by atomic mass is 10.2. The second-order valence-electron chi connectivity index (χ2n) is 2.02. The summed E-state index contributed by atoms with van der Waals surface area (Å²) in [6.07, 6.45) is -0.406. The Kier molecular flexibility index (Phi) is 5.97. The van der Waals surface area contributed by atoms with Crippen molar-refractivity contribution < 1.29 is 19.4 Å². The molecule has 0 radical (unpaired) electrons. The second kappa shape index (κ2) is 6.48. The van der Waals surface area contributed by atoms with E-state index in [4.69, 9.17) is 5.11 Å². The standard InChI is InChI=1S/C8H7IO4/c1-6(5-7(10)11)8(12)13-4-2-3-9/h1,4-5H2,(H,10,11). The Labute approximate surface area is 89.1 Å². The second-order valence-corrected chi connectivity index (χ2v) is 2.56. The molecule has 1 N–H and O–H groups in total. The van der Waals surface area contributed by atoms with Crippen molar-refractivity contribution in [2.75, 3.05) is 6.61 Å². The van der Waals surface area contributed by atoms with Gasteiger partial charge < -0.3 is 9.84 Å². The Hall–Kier alpha value is -1.03. The van der Waals surface area contributed by atoms with Crippen LogP contribution in [0.4, 0.5) is 0 Å². The van der Waals surface area contributed by atoms with E-state index in [0.717, 1.165) is 0 Å². The monoisotopic (exact) mass is 294 g/mol. The molecule has 4 nitrogen and oxygen atoms in total. The van der Waals surface area contributed by atoms with E-state index in [9.17, 15) is 9.59 Å². The highest BCUT2D eigenvalue weighted by atomic mass is 127. The quantitative estimate of drug-likeness (QED) is 0.363. The Balaban J connectivity index is 3.88. The van der Waals surface area contributed by atoms with Gasteiger partial charge in [-0.25, -0.2) is 4.79 Å². The fourth-order valence-corrected chi connectivity index (χ4v) is 0.641. The number of aliphatic carboxylic acids is 1. The summed E-state index contributed by atoms with van der Waals surface area (Å²) < 4.78 is 7.06. The van der Waals surface area contributed by atoms with Gasteiger partial charge >= 0.3 is 11.9 Å². The topological polar surface area (TPSA) is 63.6 Å². The highest BCUT2D eigenvalue weighted by Crippen LogP contribution is 2.00. The lowest BCUT2D eigenvalue weighted by Crippen LogP contribution is -2.10. The van der Waals surface area contributed by atoms with Crippen LogP contribution in [0.25, 0.3) is 0 Å². The molecule has 0 rings (SSSR count). The van der Waals surface area contributed by atoms with Gasteiger partial charge in [0, 0.05) is 28.2 Å². The number of rotatable bonds is 4. The minimum atomic E-state index is -1.11. The summed E-state index contributed by atoms with van der Waals surface area (Å²) in [5, 5.41) is 8.31. The summed E-state index contributed by atoms with van der Waals surface area (Å²) in [7, 11) is 0. The molecule has 0 fully saturated rings. The number of carbonyl (C=O) groups is 2. The predicted molar refractivity (Wildman–Crippen MR) is 54.1 cm³/mol. The highest BCUT2D eigenvalue weighted by molar-refractivity contribution is 14.1. The highest BCUT2D eigenvalue weighted by Gasteiger charge is 2.11. The summed E-state index contributed by atoms with van der Waals surface area (Å²) in [5.41, 5.74) is -0.0808. The molecule has 0 aliphatic rings. The third kappa shape index (κ3) is 6.16. The molecule has 0 aromatic rings. The van der Waals surface area contributed by atoms with Crippen LogP contribution in [-0.4, -0.2) is 23.7 Å². The number of ether oxygens (including phenoxy) is 1. The molecule has 0 unspecified atom stereocenters. The SMILES string of the molecule is C=C(CC(=O)O)C(=O)OCC#CI. The Morgan fingerprint density at radius 2 is 2.15 bits per heavy atom. The molecule has 0 bridgehead atoms. The zero-order chi connectivity index (χ0) is 10.3.